The molecule has 2 rings (SSSR count). The molecule has 0 atom stereocenters. The van der Waals surface area contributed by atoms with E-state index in [0.717, 1.165) is 6.20 Å². The smallest absolute Gasteiger partial charge is 0.196 e. The van der Waals surface area contributed by atoms with Crippen LogP contribution in [0.25, 0.3) is 0 Å². The van der Waals surface area contributed by atoms with Crippen LogP contribution in [-0.4, -0.2) is 10.8 Å². The van der Waals surface area contributed by atoms with E-state index in [0.29, 0.717) is 15.1 Å². The minimum absolute atomic E-state index is 0.0154. The van der Waals surface area contributed by atoms with Crippen LogP contribution in [0.15, 0.2) is 41.1 Å². The summed E-state index contributed by atoms with van der Waals surface area (Å²) in [7, 11) is 0. The van der Waals surface area contributed by atoms with Crippen molar-refractivity contribution in [3.05, 3.63) is 63.1 Å². The first kappa shape index (κ1) is 12.2. The summed E-state index contributed by atoms with van der Waals surface area (Å²) in [4.78, 5) is 15.6. The Bertz CT molecular complexity index is 588. The Morgan fingerprint density at radius 1 is 1.35 bits per heavy atom. The molecule has 0 aliphatic carbocycles. The number of halogens is 3. The number of rotatable bonds is 2. The van der Waals surface area contributed by atoms with Crippen LogP contribution < -0.4 is 0 Å². The fourth-order valence-corrected chi connectivity index (χ4v) is 1.78. The molecule has 1 aromatic carbocycles. The van der Waals surface area contributed by atoms with E-state index >= 15 is 0 Å². The minimum atomic E-state index is -0.642. The summed E-state index contributed by atoms with van der Waals surface area (Å²) in [6.07, 6.45) is 2.38. The number of carbonyl (C=O) groups excluding carboxylic acids is 1. The Balaban J connectivity index is 2.44. The normalized spacial score (nSPS) is 10.3. The molecule has 0 fully saturated rings. The van der Waals surface area contributed by atoms with E-state index in [9.17, 15) is 9.18 Å². The summed E-state index contributed by atoms with van der Waals surface area (Å²) < 4.78 is 14.1. The monoisotopic (exact) mass is 313 g/mol. The third kappa shape index (κ3) is 2.53. The molecule has 1 heterocycles. The second-order valence-electron chi connectivity index (χ2n) is 3.31. The molecule has 1 aromatic heterocycles. The van der Waals surface area contributed by atoms with Crippen molar-refractivity contribution >= 4 is 33.3 Å². The van der Waals surface area contributed by atoms with E-state index in [2.05, 4.69) is 20.9 Å². The highest BCUT2D eigenvalue weighted by Crippen LogP contribution is 2.24. The van der Waals surface area contributed by atoms with Gasteiger partial charge in [0.2, 0.25) is 0 Å². The molecule has 17 heavy (non-hydrogen) atoms. The molecule has 0 aliphatic heterocycles. The molecule has 0 saturated heterocycles. The van der Waals surface area contributed by atoms with E-state index in [1.54, 1.807) is 12.1 Å². The number of ketones is 1. The minimum Gasteiger partial charge on any atom is -0.288 e. The van der Waals surface area contributed by atoms with Crippen LogP contribution in [0, 0.1) is 5.82 Å². The van der Waals surface area contributed by atoms with Gasteiger partial charge in [0.15, 0.2) is 11.6 Å². The maximum atomic E-state index is 13.4. The lowest BCUT2D eigenvalue weighted by atomic mass is 10.0. The van der Waals surface area contributed by atoms with Crippen molar-refractivity contribution in [1.82, 2.24) is 4.98 Å². The molecular weight excluding hydrogens is 308 g/mol. The highest BCUT2D eigenvalue weighted by atomic mass is 79.9. The molecule has 0 aliphatic rings. The molecule has 0 spiro atoms. The van der Waals surface area contributed by atoms with Crippen LogP contribution >= 0.6 is 27.5 Å². The van der Waals surface area contributed by atoms with Crippen LogP contribution in [0.5, 0.6) is 0 Å². The first-order valence-electron chi connectivity index (χ1n) is 4.69. The van der Waals surface area contributed by atoms with Gasteiger partial charge in [-0.05, 0) is 40.2 Å². The summed E-state index contributed by atoms with van der Waals surface area (Å²) in [6, 6.07) is 6.06. The molecule has 2 nitrogen and oxygen atoms in total. The van der Waals surface area contributed by atoms with Crippen molar-refractivity contribution in [2.24, 2.45) is 0 Å². The fourth-order valence-electron chi connectivity index (χ4n) is 1.35. The standard InChI is InChI=1S/C12H6BrClFNO/c13-9-2-1-7(5-10(9)14)12(17)8-3-4-16-6-11(8)15/h1-6H. The van der Waals surface area contributed by atoms with Crippen LogP contribution in [0.1, 0.15) is 15.9 Å². The lowest BCUT2D eigenvalue weighted by Gasteiger charge is -2.03. The van der Waals surface area contributed by atoms with Gasteiger partial charge in [-0.1, -0.05) is 11.6 Å². The van der Waals surface area contributed by atoms with E-state index in [4.69, 9.17) is 11.6 Å². The zero-order valence-corrected chi connectivity index (χ0v) is 10.8. The molecule has 0 amide bonds. The van der Waals surface area contributed by atoms with Crippen molar-refractivity contribution in [2.75, 3.05) is 0 Å². The number of carbonyl (C=O) groups is 1. The van der Waals surface area contributed by atoms with Crippen LogP contribution in [0.4, 0.5) is 4.39 Å². The zero-order valence-electron chi connectivity index (χ0n) is 8.45. The largest absolute Gasteiger partial charge is 0.288 e. The fraction of sp³-hybridized carbons (Fsp3) is 0. The first-order valence-corrected chi connectivity index (χ1v) is 5.86. The van der Waals surface area contributed by atoms with E-state index in [1.807, 2.05) is 0 Å². The first-order chi connectivity index (χ1) is 8.09. The number of aromatic nitrogens is 1. The van der Waals surface area contributed by atoms with Gasteiger partial charge in [-0.3, -0.25) is 9.78 Å². The summed E-state index contributed by atoms with van der Waals surface area (Å²) >= 11 is 9.10. The molecule has 0 bridgehead atoms. The number of hydrogen-bond donors (Lipinski definition) is 0. The maximum Gasteiger partial charge on any atom is 0.196 e. The van der Waals surface area contributed by atoms with Gasteiger partial charge < -0.3 is 0 Å². The quantitative estimate of drug-likeness (QED) is 0.788. The van der Waals surface area contributed by atoms with Gasteiger partial charge in [-0.15, -0.1) is 0 Å². The van der Waals surface area contributed by atoms with Gasteiger partial charge in [-0.2, -0.15) is 0 Å². The zero-order chi connectivity index (χ0) is 12.4. The lowest BCUT2D eigenvalue weighted by Crippen LogP contribution is -2.04. The van der Waals surface area contributed by atoms with Gasteiger partial charge >= 0.3 is 0 Å². The Kier molecular flexibility index (Phi) is 3.54. The van der Waals surface area contributed by atoms with Crippen molar-refractivity contribution in [3.63, 3.8) is 0 Å². The Morgan fingerprint density at radius 3 is 2.76 bits per heavy atom. The highest BCUT2D eigenvalue weighted by Gasteiger charge is 2.14. The summed E-state index contributed by atoms with van der Waals surface area (Å²) in [5, 5.41) is 0.408. The molecule has 2 aromatic rings. The van der Waals surface area contributed by atoms with E-state index in [-0.39, 0.29) is 5.56 Å². The molecule has 0 saturated carbocycles. The molecule has 0 N–H and O–H groups in total. The Labute approximate surface area is 111 Å². The predicted octanol–water partition coefficient (Wildman–Crippen LogP) is 3.87. The van der Waals surface area contributed by atoms with Gasteiger partial charge in [-0.25, -0.2) is 4.39 Å². The maximum absolute atomic E-state index is 13.4. The highest BCUT2D eigenvalue weighted by molar-refractivity contribution is 9.10. The van der Waals surface area contributed by atoms with Crippen molar-refractivity contribution < 1.29 is 9.18 Å². The number of benzene rings is 1. The number of nitrogens with zero attached hydrogens (tertiary/aromatic N) is 1. The third-order valence-electron chi connectivity index (χ3n) is 2.20. The second kappa shape index (κ2) is 4.94. The molecule has 0 radical (unpaired) electrons. The Hall–Kier alpha value is -1.26. The van der Waals surface area contributed by atoms with Gasteiger partial charge in [0.05, 0.1) is 16.8 Å². The van der Waals surface area contributed by atoms with E-state index in [1.165, 1.54) is 18.3 Å². The third-order valence-corrected chi connectivity index (χ3v) is 3.43. The van der Waals surface area contributed by atoms with Gasteiger partial charge in [0, 0.05) is 16.2 Å². The van der Waals surface area contributed by atoms with Gasteiger partial charge in [0.25, 0.3) is 0 Å². The number of pyridine rings is 1. The van der Waals surface area contributed by atoms with Gasteiger partial charge in [0.1, 0.15) is 0 Å². The van der Waals surface area contributed by atoms with Crippen molar-refractivity contribution in [2.45, 2.75) is 0 Å². The van der Waals surface area contributed by atoms with Crippen molar-refractivity contribution in [3.8, 4) is 0 Å². The Morgan fingerprint density at radius 2 is 2.12 bits per heavy atom. The van der Waals surface area contributed by atoms with Crippen LogP contribution in [-0.2, 0) is 0 Å². The summed E-state index contributed by atoms with van der Waals surface area (Å²) in [5.41, 5.74) is 0.321. The second-order valence-corrected chi connectivity index (χ2v) is 4.58. The van der Waals surface area contributed by atoms with Crippen LogP contribution in [0.2, 0.25) is 5.02 Å². The molecular formula is C12H6BrClFNO. The van der Waals surface area contributed by atoms with Crippen molar-refractivity contribution in [1.29, 1.82) is 0 Å². The van der Waals surface area contributed by atoms with Crippen LogP contribution in [0.3, 0.4) is 0 Å². The molecule has 0 unspecified atom stereocenters. The van der Waals surface area contributed by atoms with E-state index < -0.39 is 11.6 Å². The molecule has 5 heteroatoms. The lowest BCUT2D eigenvalue weighted by molar-refractivity contribution is 0.103. The average molecular weight is 315 g/mol. The summed E-state index contributed by atoms with van der Waals surface area (Å²) in [6.45, 7) is 0. The molecule has 86 valence electrons. The SMILES string of the molecule is O=C(c1ccc(Br)c(Cl)c1)c1ccncc1F. The predicted molar refractivity (Wildman–Crippen MR) is 66.8 cm³/mol. The topological polar surface area (TPSA) is 30.0 Å². The average Bonchev–Trinajstić information content (AvgIpc) is 2.32. The summed E-state index contributed by atoms with van der Waals surface area (Å²) in [5.74, 6) is -1.06. The number of hydrogen-bond acceptors (Lipinski definition) is 2.